The lowest BCUT2D eigenvalue weighted by Gasteiger charge is -2.03. The molecular formula is C13H19N5OS. The van der Waals surface area contributed by atoms with E-state index in [1.807, 2.05) is 13.8 Å². The number of anilines is 1. The lowest BCUT2D eigenvalue weighted by molar-refractivity contribution is 0.778. The molecule has 2 heterocycles. The van der Waals surface area contributed by atoms with Gasteiger partial charge in [-0.15, -0.1) is 10.2 Å². The van der Waals surface area contributed by atoms with Crippen LogP contribution in [0, 0.1) is 0 Å². The molecule has 0 fully saturated rings. The minimum atomic E-state index is -0.231. The van der Waals surface area contributed by atoms with Gasteiger partial charge in [0.15, 0.2) is 5.01 Å². The van der Waals surface area contributed by atoms with Gasteiger partial charge in [-0.3, -0.25) is 4.79 Å². The second-order valence-electron chi connectivity index (χ2n) is 4.88. The number of nitrogens with one attached hydrogen (secondary N) is 2. The topological polar surface area (TPSA) is 83.6 Å². The number of hydrogen-bond donors (Lipinski definition) is 2. The second kappa shape index (κ2) is 6.60. The van der Waals surface area contributed by atoms with E-state index in [1.54, 1.807) is 6.07 Å². The van der Waals surface area contributed by atoms with Crippen LogP contribution in [0.25, 0.3) is 10.6 Å². The number of rotatable bonds is 6. The van der Waals surface area contributed by atoms with Gasteiger partial charge in [0, 0.05) is 6.54 Å². The Morgan fingerprint density at radius 1 is 1.40 bits per heavy atom. The average Bonchev–Trinajstić information content (AvgIpc) is 2.88. The van der Waals surface area contributed by atoms with E-state index in [4.69, 9.17) is 0 Å². The lowest BCUT2D eigenvalue weighted by Crippen LogP contribution is -2.13. The molecule has 0 aromatic carbocycles. The first-order valence-corrected chi connectivity index (χ1v) is 7.60. The Kier molecular flexibility index (Phi) is 4.84. The van der Waals surface area contributed by atoms with E-state index in [1.165, 1.54) is 11.3 Å². The highest BCUT2D eigenvalue weighted by Crippen LogP contribution is 2.25. The number of nitrogens with zero attached hydrogens (tertiary/aromatic N) is 3. The molecule has 0 saturated heterocycles. The summed E-state index contributed by atoms with van der Waals surface area (Å²) in [4.78, 5) is 11.9. The molecule has 0 atom stereocenters. The molecule has 0 bridgehead atoms. The van der Waals surface area contributed by atoms with Crippen molar-refractivity contribution >= 4 is 16.5 Å². The molecule has 7 heteroatoms. The zero-order chi connectivity index (χ0) is 14.5. The van der Waals surface area contributed by atoms with Crippen LogP contribution in [-0.4, -0.2) is 26.9 Å². The number of aromatic amines is 1. The van der Waals surface area contributed by atoms with E-state index in [0.717, 1.165) is 30.2 Å². The monoisotopic (exact) mass is 293 g/mol. The summed E-state index contributed by atoms with van der Waals surface area (Å²) in [5, 5.41) is 19.3. The molecule has 0 aliphatic carbocycles. The van der Waals surface area contributed by atoms with Gasteiger partial charge in [-0.05, 0) is 18.4 Å². The van der Waals surface area contributed by atoms with Gasteiger partial charge >= 0.3 is 0 Å². The highest BCUT2D eigenvalue weighted by Gasteiger charge is 2.13. The SMILES string of the molecule is CCCCNc1nnc(-c2cc(C(C)C)n[nH]c2=O)s1. The van der Waals surface area contributed by atoms with E-state index < -0.39 is 0 Å². The predicted octanol–water partition coefficient (Wildman–Crippen LogP) is 2.62. The Hall–Kier alpha value is -1.76. The standard InChI is InChI=1S/C13H19N5OS/c1-4-5-6-14-13-18-17-12(20-13)9-7-10(8(2)3)15-16-11(9)19/h7-8H,4-6H2,1-3H3,(H,14,18)(H,16,19). The minimum Gasteiger partial charge on any atom is -0.360 e. The summed E-state index contributed by atoms with van der Waals surface area (Å²) in [6.45, 7) is 7.07. The van der Waals surface area contributed by atoms with E-state index in [0.29, 0.717) is 10.6 Å². The third-order valence-corrected chi connectivity index (χ3v) is 3.79. The third-order valence-electron chi connectivity index (χ3n) is 2.88. The zero-order valence-corrected chi connectivity index (χ0v) is 12.8. The number of aromatic nitrogens is 4. The van der Waals surface area contributed by atoms with Crippen molar-refractivity contribution in [1.82, 2.24) is 20.4 Å². The minimum absolute atomic E-state index is 0.231. The lowest BCUT2D eigenvalue weighted by atomic mass is 10.1. The van der Waals surface area contributed by atoms with Gasteiger partial charge in [0.25, 0.3) is 5.56 Å². The summed E-state index contributed by atoms with van der Waals surface area (Å²) in [6, 6.07) is 1.79. The molecule has 0 spiro atoms. The van der Waals surface area contributed by atoms with Crippen molar-refractivity contribution in [1.29, 1.82) is 0 Å². The molecule has 2 rings (SSSR count). The van der Waals surface area contributed by atoms with Crippen molar-refractivity contribution in [3.05, 3.63) is 22.1 Å². The molecule has 0 radical (unpaired) electrons. The van der Waals surface area contributed by atoms with Gasteiger partial charge in [0.2, 0.25) is 5.13 Å². The first kappa shape index (κ1) is 14.6. The highest BCUT2D eigenvalue weighted by molar-refractivity contribution is 7.18. The molecule has 2 aromatic heterocycles. The summed E-state index contributed by atoms with van der Waals surface area (Å²) >= 11 is 1.39. The van der Waals surface area contributed by atoms with Gasteiger partial charge in [0.1, 0.15) is 0 Å². The molecule has 2 N–H and O–H groups in total. The molecule has 0 unspecified atom stereocenters. The third kappa shape index (κ3) is 3.41. The Morgan fingerprint density at radius 2 is 2.20 bits per heavy atom. The molecule has 20 heavy (non-hydrogen) atoms. The molecule has 2 aromatic rings. The maximum Gasteiger partial charge on any atom is 0.274 e. The Balaban J connectivity index is 2.23. The molecule has 0 aliphatic rings. The first-order valence-electron chi connectivity index (χ1n) is 6.79. The molecule has 0 saturated carbocycles. The largest absolute Gasteiger partial charge is 0.360 e. The van der Waals surface area contributed by atoms with E-state index in [2.05, 4.69) is 32.6 Å². The summed E-state index contributed by atoms with van der Waals surface area (Å²) < 4.78 is 0. The van der Waals surface area contributed by atoms with Crippen LogP contribution in [0.15, 0.2) is 10.9 Å². The van der Waals surface area contributed by atoms with Crippen LogP contribution in [0.1, 0.15) is 45.2 Å². The number of hydrogen-bond acceptors (Lipinski definition) is 6. The molecule has 0 amide bonds. The number of H-pyrrole nitrogens is 1. The van der Waals surface area contributed by atoms with Gasteiger partial charge in [-0.1, -0.05) is 38.5 Å². The van der Waals surface area contributed by atoms with Crippen LogP contribution >= 0.6 is 11.3 Å². The Morgan fingerprint density at radius 3 is 2.90 bits per heavy atom. The van der Waals surface area contributed by atoms with Crippen LogP contribution < -0.4 is 10.9 Å². The zero-order valence-electron chi connectivity index (χ0n) is 11.9. The first-order chi connectivity index (χ1) is 9.61. The van der Waals surface area contributed by atoms with Crippen molar-refractivity contribution in [2.45, 2.75) is 39.5 Å². The van der Waals surface area contributed by atoms with Crippen LogP contribution in [0.5, 0.6) is 0 Å². The van der Waals surface area contributed by atoms with Crippen molar-refractivity contribution in [3.63, 3.8) is 0 Å². The summed E-state index contributed by atoms with van der Waals surface area (Å²) in [7, 11) is 0. The van der Waals surface area contributed by atoms with Crippen LogP contribution in [0.4, 0.5) is 5.13 Å². The average molecular weight is 293 g/mol. The molecule has 6 nitrogen and oxygen atoms in total. The Bertz CT molecular complexity index is 619. The maximum absolute atomic E-state index is 11.9. The quantitative estimate of drug-likeness (QED) is 0.800. The summed E-state index contributed by atoms with van der Waals surface area (Å²) in [5.41, 5.74) is 1.14. The van der Waals surface area contributed by atoms with Gasteiger partial charge in [-0.2, -0.15) is 5.10 Å². The molecule has 108 valence electrons. The van der Waals surface area contributed by atoms with Gasteiger partial charge in [-0.25, -0.2) is 5.10 Å². The fraction of sp³-hybridized carbons (Fsp3) is 0.538. The van der Waals surface area contributed by atoms with E-state index >= 15 is 0 Å². The van der Waals surface area contributed by atoms with E-state index in [-0.39, 0.29) is 11.5 Å². The van der Waals surface area contributed by atoms with Crippen molar-refractivity contribution < 1.29 is 0 Å². The van der Waals surface area contributed by atoms with Crippen molar-refractivity contribution in [2.75, 3.05) is 11.9 Å². The fourth-order valence-electron chi connectivity index (χ4n) is 1.65. The summed E-state index contributed by atoms with van der Waals surface area (Å²) in [5.74, 6) is 0.251. The fourth-order valence-corrected chi connectivity index (χ4v) is 2.43. The van der Waals surface area contributed by atoms with Gasteiger partial charge in [0.05, 0.1) is 11.3 Å². The van der Waals surface area contributed by atoms with Crippen LogP contribution in [0.2, 0.25) is 0 Å². The molecule has 0 aliphatic heterocycles. The summed E-state index contributed by atoms with van der Waals surface area (Å²) in [6.07, 6.45) is 2.21. The van der Waals surface area contributed by atoms with Crippen molar-refractivity contribution in [2.24, 2.45) is 0 Å². The Labute approximate surface area is 121 Å². The smallest absolute Gasteiger partial charge is 0.274 e. The second-order valence-corrected chi connectivity index (χ2v) is 5.86. The maximum atomic E-state index is 11.9. The number of unbranched alkanes of at least 4 members (excludes halogenated alkanes) is 1. The predicted molar refractivity (Wildman–Crippen MR) is 81.2 cm³/mol. The molecular weight excluding hydrogens is 274 g/mol. The van der Waals surface area contributed by atoms with Crippen molar-refractivity contribution in [3.8, 4) is 10.6 Å². The normalized spacial score (nSPS) is 11.0. The van der Waals surface area contributed by atoms with Crippen LogP contribution in [-0.2, 0) is 0 Å². The highest BCUT2D eigenvalue weighted by atomic mass is 32.1. The van der Waals surface area contributed by atoms with Gasteiger partial charge < -0.3 is 5.32 Å². The van der Waals surface area contributed by atoms with E-state index in [9.17, 15) is 4.79 Å². The van der Waals surface area contributed by atoms with Crippen LogP contribution in [0.3, 0.4) is 0 Å².